The fourth-order valence-corrected chi connectivity index (χ4v) is 1.34. The minimum atomic E-state index is -0.523. The molecule has 1 aromatic heterocycles. The largest absolute Gasteiger partial charge is 0.396 e. The van der Waals surface area contributed by atoms with Gasteiger partial charge < -0.3 is 10.0 Å². The number of nitro groups is 1. The number of aliphatic hydroxyl groups is 1. The van der Waals surface area contributed by atoms with E-state index in [1.165, 1.54) is 12.4 Å². The lowest BCUT2D eigenvalue weighted by Crippen LogP contribution is -2.21. The molecule has 94 valence electrons. The average molecular weight is 240 g/mol. The van der Waals surface area contributed by atoms with Crippen LogP contribution >= 0.6 is 0 Å². The molecule has 0 aromatic carbocycles. The first-order chi connectivity index (χ1) is 8.15. The Morgan fingerprint density at radius 3 is 2.53 bits per heavy atom. The van der Waals surface area contributed by atoms with Crippen molar-refractivity contribution < 1.29 is 10.0 Å². The molecule has 1 heterocycles. The SMILES string of the molecule is CN(CCCCCO)c1ncc([N+](=O)[O-])cn1. The van der Waals surface area contributed by atoms with E-state index in [-0.39, 0.29) is 12.3 Å². The van der Waals surface area contributed by atoms with Gasteiger partial charge in [-0.05, 0) is 19.3 Å². The van der Waals surface area contributed by atoms with Gasteiger partial charge in [-0.15, -0.1) is 0 Å². The number of hydrogen-bond acceptors (Lipinski definition) is 6. The summed E-state index contributed by atoms with van der Waals surface area (Å²) in [6.45, 7) is 0.968. The first kappa shape index (κ1) is 13.3. The van der Waals surface area contributed by atoms with Crippen LogP contribution in [0.3, 0.4) is 0 Å². The van der Waals surface area contributed by atoms with Crippen molar-refractivity contribution >= 4 is 11.6 Å². The summed E-state index contributed by atoms with van der Waals surface area (Å²) >= 11 is 0. The molecule has 0 saturated heterocycles. The molecule has 1 N–H and O–H groups in total. The number of hydrogen-bond donors (Lipinski definition) is 1. The summed E-state index contributed by atoms with van der Waals surface area (Å²) in [6, 6.07) is 0. The Balaban J connectivity index is 2.46. The van der Waals surface area contributed by atoms with Crippen LogP contribution in [-0.2, 0) is 0 Å². The zero-order valence-electron chi connectivity index (χ0n) is 9.74. The van der Waals surface area contributed by atoms with E-state index in [1.807, 2.05) is 11.9 Å². The van der Waals surface area contributed by atoms with Crippen molar-refractivity contribution in [2.75, 3.05) is 25.1 Å². The maximum atomic E-state index is 10.4. The second-order valence-electron chi connectivity index (χ2n) is 3.70. The molecule has 0 atom stereocenters. The normalized spacial score (nSPS) is 10.2. The van der Waals surface area contributed by atoms with Gasteiger partial charge in [-0.25, -0.2) is 9.97 Å². The van der Waals surface area contributed by atoms with Crippen molar-refractivity contribution in [3.05, 3.63) is 22.5 Å². The number of anilines is 1. The highest BCUT2D eigenvalue weighted by atomic mass is 16.6. The number of unbranched alkanes of at least 4 members (excludes halogenated alkanes) is 2. The van der Waals surface area contributed by atoms with Crippen molar-refractivity contribution in [2.45, 2.75) is 19.3 Å². The summed E-state index contributed by atoms with van der Waals surface area (Å²) in [5.74, 6) is 0.472. The van der Waals surface area contributed by atoms with Crippen LogP contribution in [0.5, 0.6) is 0 Å². The molecule has 7 nitrogen and oxygen atoms in total. The van der Waals surface area contributed by atoms with Crippen LogP contribution in [0.4, 0.5) is 11.6 Å². The lowest BCUT2D eigenvalue weighted by Gasteiger charge is -2.15. The first-order valence-corrected chi connectivity index (χ1v) is 5.43. The Bertz CT molecular complexity index is 355. The van der Waals surface area contributed by atoms with Gasteiger partial charge >= 0.3 is 5.69 Å². The molecule has 0 bridgehead atoms. The molecule has 0 saturated carbocycles. The number of nitrogens with zero attached hydrogens (tertiary/aromatic N) is 4. The maximum Gasteiger partial charge on any atom is 0.305 e. The molecule has 7 heteroatoms. The molecule has 0 radical (unpaired) electrons. The molecule has 0 aliphatic heterocycles. The van der Waals surface area contributed by atoms with Gasteiger partial charge in [0.25, 0.3) is 0 Å². The van der Waals surface area contributed by atoms with E-state index < -0.39 is 4.92 Å². The third-order valence-corrected chi connectivity index (χ3v) is 2.33. The molecule has 0 amide bonds. The molecule has 0 spiro atoms. The van der Waals surface area contributed by atoms with E-state index in [1.54, 1.807) is 0 Å². The zero-order valence-corrected chi connectivity index (χ0v) is 9.74. The highest BCUT2D eigenvalue weighted by Crippen LogP contribution is 2.11. The van der Waals surface area contributed by atoms with E-state index in [0.29, 0.717) is 5.95 Å². The minimum Gasteiger partial charge on any atom is -0.396 e. The quantitative estimate of drug-likeness (QED) is 0.434. The van der Waals surface area contributed by atoms with Crippen LogP contribution < -0.4 is 4.90 Å². The van der Waals surface area contributed by atoms with Crippen molar-refractivity contribution in [3.63, 3.8) is 0 Å². The van der Waals surface area contributed by atoms with Crippen molar-refractivity contribution in [2.24, 2.45) is 0 Å². The van der Waals surface area contributed by atoms with Crippen LogP contribution in [0, 0.1) is 10.1 Å². The highest BCUT2D eigenvalue weighted by Gasteiger charge is 2.09. The molecule has 1 rings (SSSR count). The van der Waals surface area contributed by atoms with Crippen molar-refractivity contribution in [1.29, 1.82) is 0 Å². The molecule has 0 unspecified atom stereocenters. The summed E-state index contributed by atoms with van der Waals surface area (Å²) in [5.41, 5.74) is -0.109. The fourth-order valence-electron chi connectivity index (χ4n) is 1.34. The average Bonchev–Trinajstić information content (AvgIpc) is 2.34. The smallest absolute Gasteiger partial charge is 0.305 e. The van der Waals surface area contributed by atoms with E-state index >= 15 is 0 Å². The lowest BCUT2D eigenvalue weighted by molar-refractivity contribution is -0.385. The van der Waals surface area contributed by atoms with E-state index in [0.717, 1.165) is 25.8 Å². The number of aliphatic hydroxyl groups excluding tert-OH is 1. The van der Waals surface area contributed by atoms with Gasteiger partial charge in [0.15, 0.2) is 0 Å². The Labute approximate surface area is 99.3 Å². The summed E-state index contributed by atoms with van der Waals surface area (Å²) in [4.78, 5) is 19.6. The van der Waals surface area contributed by atoms with Crippen molar-refractivity contribution in [3.8, 4) is 0 Å². The van der Waals surface area contributed by atoms with Gasteiger partial charge in [-0.3, -0.25) is 10.1 Å². The number of aromatic nitrogens is 2. The second kappa shape index (κ2) is 6.74. The predicted octanol–water partition coefficient (Wildman–Crippen LogP) is 0.984. The standard InChI is InChI=1S/C10H16N4O3/c1-13(5-3-2-4-6-15)10-11-7-9(8-12-10)14(16)17/h7-8,15H,2-6H2,1H3. The van der Waals surface area contributed by atoms with Crippen LogP contribution in [0.15, 0.2) is 12.4 Å². The van der Waals surface area contributed by atoms with E-state index in [9.17, 15) is 10.1 Å². The first-order valence-electron chi connectivity index (χ1n) is 5.43. The highest BCUT2D eigenvalue weighted by molar-refractivity contribution is 5.32. The second-order valence-corrected chi connectivity index (χ2v) is 3.70. The molecule has 0 fully saturated rings. The molecular weight excluding hydrogens is 224 g/mol. The molecule has 0 aliphatic rings. The Hall–Kier alpha value is -1.76. The Morgan fingerprint density at radius 2 is 2.00 bits per heavy atom. The van der Waals surface area contributed by atoms with Crippen LogP contribution in [-0.4, -0.2) is 40.2 Å². The minimum absolute atomic E-state index is 0.109. The summed E-state index contributed by atoms with van der Waals surface area (Å²) in [6.07, 6.45) is 5.05. The summed E-state index contributed by atoms with van der Waals surface area (Å²) in [7, 11) is 1.83. The van der Waals surface area contributed by atoms with Crippen molar-refractivity contribution in [1.82, 2.24) is 9.97 Å². The maximum absolute atomic E-state index is 10.4. The van der Waals surface area contributed by atoms with Crippen LogP contribution in [0.1, 0.15) is 19.3 Å². The molecule has 0 aliphatic carbocycles. The van der Waals surface area contributed by atoms with E-state index in [4.69, 9.17) is 5.11 Å². The van der Waals surface area contributed by atoms with Gasteiger partial charge in [-0.2, -0.15) is 0 Å². The summed E-state index contributed by atoms with van der Waals surface area (Å²) < 4.78 is 0. The van der Waals surface area contributed by atoms with Crippen LogP contribution in [0.2, 0.25) is 0 Å². The fraction of sp³-hybridized carbons (Fsp3) is 0.600. The zero-order chi connectivity index (χ0) is 12.7. The van der Waals surface area contributed by atoms with Crippen LogP contribution in [0.25, 0.3) is 0 Å². The molecule has 1 aromatic rings. The third-order valence-electron chi connectivity index (χ3n) is 2.33. The summed E-state index contributed by atoms with van der Waals surface area (Å²) in [5, 5.41) is 19.0. The molecule has 17 heavy (non-hydrogen) atoms. The number of rotatable bonds is 7. The Morgan fingerprint density at radius 1 is 1.35 bits per heavy atom. The Kier molecular flexibility index (Phi) is 5.28. The van der Waals surface area contributed by atoms with E-state index in [2.05, 4.69) is 9.97 Å². The molecular formula is C10H16N4O3. The van der Waals surface area contributed by atoms with Gasteiger partial charge in [0.1, 0.15) is 12.4 Å². The van der Waals surface area contributed by atoms with Gasteiger partial charge in [0.2, 0.25) is 5.95 Å². The van der Waals surface area contributed by atoms with Gasteiger partial charge in [0.05, 0.1) is 4.92 Å². The van der Waals surface area contributed by atoms with Gasteiger partial charge in [0, 0.05) is 20.2 Å². The lowest BCUT2D eigenvalue weighted by atomic mass is 10.2. The van der Waals surface area contributed by atoms with Gasteiger partial charge in [-0.1, -0.05) is 0 Å². The third kappa shape index (κ3) is 4.31. The monoisotopic (exact) mass is 240 g/mol. The topological polar surface area (TPSA) is 92.4 Å². The predicted molar refractivity (Wildman–Crippen MR) is 62.9 cm³/mol.